The molecule has 0 spiro atoms. The molecule has 0 fully saturated rings. The summed E-state index contributed by atoms with van der Waals surface area (Å²) in [4.78, 5) is 26.3. The molecule has 2 aromatic heterocycles. The molecule has 16 heavy (non-hydrogen) atoms. The van der Waals surface area contributed by atoms with Crippen LogP contribution < -0.4 is 0 Å². The zero-order chi connectivity index (χ0) is 11.4. The van der Waals surface area contributed by atoms with E-state index in [0.717, 1.165) is 11.8 Å². The van der Waals surface area contributed by atoms with Crippen molar-refractivity contribution in [1.29, 1.82) is 0 Å². The predicted octanol–water partition coefficient (Wildman–Crippen LogP) is 1.12. The van der Waals surface area contributed by atoms with Crippen molar-refractivity contribution in [3.8, 4) is 0 Å². The lowest BCUT2D eigenvalue weighted by Crippen LogP contribution is -2.03. The fourth-order valence-corrected chi connectivity index (χ4v) is 1.76. The first-order chi connectivity index (χ1) is 7.77. The van der Waals surface area contributed by atoms with E-state index in [1.807, 2.05) is 0 Å². The van der Waals surface area contributed by atoms with Crippen molar-refractivity contribution < 1.29 is 9.90 Å². The van der Waals surface area contributed by atoms with E-state index in [-0.39, 0.29) is 5.69 Å². The Morgan fingerprint density at radius 3 is 2.69 bits per heavy atom. The number of rotatable bonds is 3. The first kappa shape index (κ1) is 10.5. The van der Waals surface area contributed by atoms with Gasteiger partial charge in [-0.25, -0.2) is 24.7 Å². The van der Waals surface area contributed by atoms with E-state index in [1.165, 1.54) is 18.7 Å². The Kier molecular flexibility index (Phi) is 3.06. The molecule has 2 rings (SSSR count). The quantitative estimate of drug-likeness (QED) is 0.796. The monoisotopic (exact) mass is 234 g/mol. The number of hydrogen-bond donors (Lipinski definition) is 1. The molecule has 7 heteroatoms. The molecule has 0 radical (unpaired) electrons. The highest BCUT2D eigenvalue weighted by molar-refractivity contribution is 7.99. The van der Waals surface area contributed by atoms with Gasteiger partial charge in [0.1, 0.15) is 16.4 Å². The van der Waals surface area contributed by atoms with Crippen molar-refractivity contribution >= 4 is 17.7 Å². The van der Waals surface area contributed by atoms with Gasteiger partial charge in [0.25, 0.3) is 0 Å². The van der Waals surface area contributed by atoms with Crippen LogP contribution in [0.4, 0.5) is 0 Å². The maximum atomic E-state index is 10.9. The fraction of sp³-hybridized carbons (Fsp3) is 0. The van der Waals surface area contributed by atoms with Crippen LogP contribution in [0, 0.1) is 0 Å². The molecule has 0 aliphatic rings. The van der Waals surface area contributed by atoms with Crippen LogP contribution in [0.15, 0.2) is 41.0 Å². The molecule has 0 bridgehead atoms. The van der Waals surface area contributed by atoms with E-state index in [2.05, 4.69) is 19.9 Å². The smallest absolute Gasteiger partial charge is 0.357 e. The topological polar surface area (TPSA) is 88.9 Å². The third kappa shape index (κ3) is 2.31. The fourth-order valence-electron chi connectivity index (χ4n) is 0.985. The van der Waals surface area contributed by atoms with Gasteiger partial charge >= 0.3 is 5.97 Å². The number of aromatic nitrogens is 4. The van der Waals surface area contributed by atoms with E-state index < -0.39 is 5.97 Å². The van der Waals surface area contributed by atoms with Gasteiger partial charge in [0, 0.05) is 18.6 Å². The van der Waals surface area contributed by atoms with Crippen molar-refractivity contribution in [3.05, 3.63) is 36.7 Å². The minimum Gasteiger partial charge on any atom is -0.476 e. The summed E-state index contributed by atoms with van der Waals surface area (Å²) in [5.74, 6) is -1.11. The van der Waals surface area contributed by atoms with Crippen LogP contribution in [0.2, 0.25) is 0 Å². The molecule has 0 saturated carbocycles. The first-order valence-corrected chi connectivity index (χ1v) is 5.07. The first-order valence-electron chi connectivity index (χ1n) is 4.25. The zero-order valence-corrected chi connectivity index (χ0v) is 8.76. The van der Waals surface area contributed by atoms with Crippen molar-refractivity contribution in [2.45, 2.75) is 10.1 Å². The Hall–Kier alpha value is -2.02. The molecule has 0 saturated heterocycles. The van der Waals surface area contributed by atoms with Gasteiger partial charge in [-0.05, 0) is 17.8 Å². The molecule has 0 atom stereocenters. The van der Waals surface area contributed by atoms with Crippen LogP contribution in [0.1, 0.15) is 10.5 Å². The molecule has 2 heterocycles. The Labute approximate surface area is 94.8 Å². The van der Waals surface area contributed by atoms with Crippen molar-refractivity contribution in [2.75, 3.05) is 0 Å². The zero-order valence-electron chi connectivity index (χ0n) is 7.94. The summed E-state index contributed by atoms with van der Waals surface area (Å²) >= 11 is 1.14. The summed E-state index contributed by atoms with van der Waals surface area (Å²) in [7, 11) is 0. The number of carboxylic acid groups (broad SMARTS) is 1. The summed E-state index contributed by atoms with van der Waals surface area (Å²) in [6.07, 6.45) is 5.74. The molecule has 6 nitrogen and oxygen atoms in total. The maximum absolute atomic E-state index is 10.9. The third-order valence-corrected chi connectivity index (χ3v) is 2.57. The van der Waals surface area contributed by atoms with E-state index in [1.54, 1.807) is 12.3 Å². The third-order valence-electron chi connectivity index (χ3n) is 1.62. The molecule has 0 aromatic carbocycles. The standard InChI is InChI=1S/C9H6N4O2S/c14-9(15)7-8(12-4-3-11-7)16-6-1-2-10-5-13-6/h1-5H,(H,14,15). The number of nitrogens with zero attached hydrogens (tertiary/aromatic N) is 4. The number of hydrogen-bond acceptors (Lipinski definition) is 6. The van der Waals surface area contributed by atoms with Gasteiger partial charge < -0.3 is 5.11 Å². The minimum atomic E-state index is -1.11. The molecular formula is C9H6N4O2S. The van der Waals surface area contributed by atoms with Crippen LogP contribution >= 0.6 is 11.8 Å². The SMILES string of the molecule is O=C(O)c1nccnc1Sc1ccncn1. The van der Waals surface area contributed by atoms with Gasteiger partial charge in [0.05, 0.1) is 0 Å². The van der Waals surface area contributed by atoms with Crippen LogP contribution in [0.5, 0.6) is 0 Å². The van der Waals surface area contributed by atoms with E-state index in [0.29, 0.717) is 10.1 Å². The Bertz CT molecular complexity index is 506. The maximum Gasteiger partial charge on any atom is 0.357 e. The van der Waals surface area contributed by atoms with Gasteiger partial charge in [-0.1, -0.05) is 0 Å². The molecule has 0 unspecified atom stereocenters. The normalized spacial score (nSPS) is 10.0. The lowest BCUT2D eigenvalue weighted by atomic mass is 10.5. The van der Waals surface area contributed by atoms with Crippen LogP contribution in [0.3, 0.4) is 0 Å². The highest BCUT2D eigenvalue weighted by Crippen LogP contribution is 2.25. The second-order valence-electron chi connectivity index (χ2n) is 2.66. The molecule has 80 valence electrons. The summed E-state index contributed by atoms with van der Waals surface area (Å²) in [5, 5.41) is 9.83. The molecular weight excluding hydrogens is 228 g/mol. The second-order valence-corrected chi connectivity index (χ2v) is 3.67. The molecule has 2 aromatic rings. The van der Waals surface area contributed by atoms with Crippen molar-refractivity contribution in [2.24, 2.45) is 0 Å². The van der Waals surface area contributed by atoms with Crippen LogP contribution in [-0.4, -0.2) is 31.0 Å². The average molecular weight is 234 g/mol. The predicted molar refractivity (Wildman–Crippen MR) is 55.1 cm³/mol. The Balaban J connectivity index is 2.31. The summed E-state index contributed by atoms with van der Waals surface area (Å²) in [6.45, 7) is 0. The molecule has 0 amide bonds. The second kappa shape index (κ2) is 4.67. The Morgan fingerprint density at radius 1 is 1.19 bits per heavy atom. The van der Waals surface area contributed by atoms with Crippen molar-refractivity contribution in [3.63, 3.8) is 0 Å². The van der Waals surface area contributed by atoms with Gasteiger partial charge in [0.2, 0.25) is 0 Å². The summed E-state index contributed by atoms with van der Waals surface area (Å²) in [5.41, 5.74) is -0.0777. The van der Waals surface area contributed by atoms with E-state index >= 15 is 0 Å². The number of carbonyl (C=O) groups is 1. The van der Waals surface area contributed by atoms with E-state index in [4.69, 9.17) is 5.11 Å². The summed E-state index contributed by atoms with van der Waals surface area (Å²) < 4.78 is 0. The van der Waals surface area contributed by atoms with Crippen LogP contribution in [-0.2, 0) is 0 Å². The van der Waals surface area contributed by atoms with Crippen molar-refractivity contribution in [1.82, 2.24) is 19.9 Å². The minimum absolute atomic E-state index is 0.0777. The van der Waals surface area contributed by atoms with Gasteiger partial charge in [-0.3, -0.25) is 0 Å². The van der Waals surface area contributed by atoms with Gasteiger partial charge in [-0.2, -0.15) is 0 Å². The van der Waals surface area contributed by atoms with Gasteiger partial charge in [-0.15, -0.1) is 0 Å². The Morgan fingerprint density at radius 2 is 2.00 bits per heavy atom. The highest BCUT2D eigenvalue weighted by Gasteiger charge is 2.13. The summed E-state index contributed by atoms with van der Waals surface area (Å²) in [6, 6.07) is 1.67. The van der Waals surface area contributed by atoms with Crippen LogP contribution in [0.25, 0.3) is 0 Å². The van der Waals surface area contributed by atoms with E-state index in [9.17, 15) is 4.79 Å². The van der Waals surface area contributed by atoms with Gasteiger partial charge in [0.15, 0.2) is 5.69 Å². The highest BCUT2D eigenvalue weighted by atomic mass is 32.2. The molecule has 1 N–H and O–H groups in total. The average Bonchev–Trinajstić information content (AvgIpc) is 2.31. The number of aromatic carboxylic acids is 1. The molecule has 0 aliphatic carbocycles. The largest absolute Gasteiger partial charge is 0.476 e. The lowest BCUT2D eigenvalue weighted by Gasteiger charge is -2.01. The molecule has 0 aliphatic heterocycles. The number of carboxylic acids is 1. The lowest BCUT2D eigenvalue weighted by molar-refractivity contribution is 0.0685.